The number of carbonyl (C=O) groups excluding carboxylic acids is 1. The zero-order valence-corrected chi connectivity index (χ0v) is 17.8. The number of carbonyl (C=O) groups is 1. The van der Waals surface area contributed by atoms with E-state index in [9.17, 15) is 4.79 Å². The largest absolute Gasteiger partial charge is 0.272 e. The van der Waals surface area contributed by atoms with Crippen molar-refractivity contribution >= 4 is 34.4 Å². The predicted molar refractivity (Wildman–Crippen MR) is 125 cm³/mol. The number of rotatable bonds is 6. The Kier molecular flexibility index (Phi) is 6.00. The minimum atomic E-state index is -0.251. The van der Waals surface area contributed by atoms with Gasteiger partial charge in [0.05, 0.1) is 23.0 Å². The zero-order chi connectivity index (χ0) is 20.9. The summed E-state index contributed by atoms with van der Waals surface area (Å²) in [6.45, 7) is 4.41. The molecule has 1 atom stereocenters. The molecular weight excluding hydrogens is 390 g/mol. The van der Waals surface area contributed by atoms with Gasteiger partial charge in [-0.25, -0.2) is 10.4 Å². The van der Waals surface area contributed by atoms with Crippen LogP contribution in [0.2, 0.25) is 0 Å². The molecule has 150 valence electrons. The Hall–Kier alpha value is -3.31. The van der Waals surface area contributed by atoms with Crippen molar-refractivity contribution in [1.29, 1.82) is 0 Å². The van der Waals surface area contributed by atoms with Crippen LogP contribution in [-0.4, -0.2) is 17.1 Å². The number of aromatic nitrogens is 1. The van der Waals surface area contributed by atoms with Crippen molar-refractivity contribution in [2.75, 3.05) is 0 Å². The third kappa shape index (κ3) is 4.31. The van der Waals surface area contributed by atoms with E-state index in [2.05, 4.69) is 48.6 Å². The van der Waals surface area contributed by atoms with Gasteiger partial charge in [0.2, 0.25) is 0 Å². The van der Waals surface area contributed by atoms with Gasteiger partial charge in [0.15, 0.2) is 0 Å². The smallest absolute Gasteiger partial charge is 0.267 e. The molecule has 0 saturated heterocycles. The SMILES string of the molecule is CC[C@@H](C)c1ccc(-c2cc(C(=O)N/N=C\c3cccs3)c3ccccc3n2)cc1. The van der Waals surface area contributed by atoms with Crippen molar-refractivity contribution in [3.63, 3.8) is 0 Å². The fourth-order valence-electron chi connectivity index (χ4n) is 3.31. The van der Waals surface area contributed by atoms with Crippen LogP contribution >= 0.6 is 11.3 Å². The predicted octanol–water partition coefficient (Wildman–Crippen LogP) is 6.24. The van der Waals surface area contributed by atoms with Crippen molar-refractivity contribution in [2.45, 2.75) is 26.2 Å². The number of nitrogens with zero attached hydrogens (tertiary/aromatic N) is 2. The van der Waals surface area contributed by atoms with Gasteiger partial charge in [-0.15, -0.1) is 11.3 Å². The Labute approximate surface area is 180 Å². The second-order valence-corrected chi connectivity index (χ2v) is 8.20. The normalized spacial score (nSPS) is 12.3. The molecule has 1 N–H and O–H groups in total. The van der Waals surface area contributed by atoms with Crippen molar-refractivity contribution in [2.24, 2.45) is 5.10 Å². The minimum Gasteiger partial charge on any atom is -0.267 e. The summed E-state index contributed by atoms with van der Waals surface area (Å²) in [5.41, 5.74) is 7.07. The summed E-state index contributed by atoms with van der Waals surface area (Å²) in [6, 6.07) is 21.9. The Morgan fingerprint density at radius 2 is 1.93 bits per heavy atom. The van der Waals surface area contributed by atoms with Crippen molar-refractivity contribution in [3.8, 4) is 11.3 Å². The first kappa shape index (κ1) is 20.0. The first-order valence-corrected chi connectivity index (χ1v) is 10.9. The van der Waals surface area contributed by atoms with E-state index in [1.54, 1.807) is 17.6 Å². The van der Waals surface area contributed by atoms with Gasteiger partial charge in [0.25, 0.3) is 5.91 Å². The molecule has 0 aliphatic rings. The molecule has 2 aromatic heterocycles. The number of hydrazone groups is 1. The molecule has 2 heterocycles. The van der Waals surface area contributed by atoms with Crippen LogP contribution in [0.1, 0.15) is 47.0 Å². The van der Waals surface area contributed by atoms with Crippen LogP contribution in [-0.2, 0) is 0 Å². The lowest BCUT2D eigenvalue weighted by Crippen LogP contribution is -2.18. The maximum absolute atomic E-state index is 12.9. The van der Waals surface area contributed by atoms with Crippen LogP contribution in [0, 0.1) is 0 Å². The number of pyridine rings is 1. The highest BCUT2D eigenvalue weighted by Crippen LogP contribution is 2.27. The lowest BCUT2D eigenvalue weighted by molar-refractivity contribution is 0.0956. The second kappa shape index (κ2) is 9.01. The van der Waals surface area contributed by atoms with E-state index in [0.717, 1.165) is 33.5 Å². The molecule has 1 amide bonds. The summed E-state index contributed by atoms with van der Waals surface area (Å²) >= 11 is 1.57. The Morgan fingerprint density at radius 3 is 2.67 bits per heavy atom. The average molecular weight is 414 g/mol. The molecule has 4 nitrogen and oxygen atoms in total. The standard InChI is InChI=1S/C25H23N3OS/c1-3-17(2)18-10-12-19(13-11-18)24-15-22(21-8-4-5-9-23(21)27-24)25(29)28-26-16-20-7-6-14-30-20/h4-17H,3H2,1-2H3,(H,28,29)/b26-16-/t17-/m1/s1. The molecule has 0 radical (unpaired) electrons. The van der Waals surface area contributed by atoms with Crippen molar-refractivity contribution < 1.29 is 4.79 Å². The fourth-order valence-corrected chi connectivity index (χ4v) is 3.89. The summed E-state index contributed by atoms with van der Waals surface area (Å²) in [5, 5.41) is 6.88. The van der Waals surface area contributed by atoms with E-state index in [-0.39, 0.29) is 5.91 Å². The highest BCUT2D eigenvalue weighted by atomic mass is 32.1. The number of thiophene rings is 1. The monoisotopic (exact) mass is 413 g/mol. The van der Waals surface area contributed by atoms with E-state index in [1.807, 2.05) is 47.8 Å². The second-order valence-electron chi connectivity index (χ2n) is 7.22. The lowest BCUT2D eigenvalue weighted by atomic mass is 9.96. The molecule has 0 spiro atoms. The lowest BCUT2D eigenvalue weighted by Gasteiger charge is -2.11. The number of hydrogen-bond acceptors (Lipinski definition) is 4. The maximum Gasteiger partial charge on any atom is 0.272 e. The third-order valence-corrected chi connectivity index (χ3v) is 6.06. The summed E-state index contributed by atoms with van der Waals surface area (Å²) in [6.07, 6.45) is 2.75. The molecule has 0 aliphatic heterocycles. The van der Waals surface area contributed by atoms with Gasteiger partial charge in [0.1, 0.15) is 0 Å². The zero-order valence-electron chi connectivity index (χ0n) is 17.0. The van der Waals surface area contributed by atoms with Gasteiger partial charge >= 0.3 is 0 Å². The van der Waals surface area contributed by atoms with Crippen molar-refractivity contribution in [3.05, 3.63) is 88.1 Å². The molecule has 4 aromatic rings. The maximum atomic E-state index is 12.9. The Bertz CT molecular complexity index is 1180. The summed E-state index contributed by atoms with van der Waals surface area (Å²) in [4.78, 5) is 18.7. The average Bonchev–Trinajstić information content (AvgIpc) is 3.31. The summed E-state index contributed by atoms with van der Waals surface area (Å²) in [5.74, 6) is 0.269. The molecule has 4 rings (SSSR count). The fraction of sp³-hybridized carbons (Fsp3) is 0.160. The van der Waals surface area contributed by atoms with Crippen LogP contribution in [0.15, 0.2) is 77.2 Å². The summed E-state index contributed by atoms with van der Waals surface area (Å²) < 4.78 is 0. The van der Waals surface area contributed by atoms with Crippen molar-refractivity contribution in [1.82, 2.24) is 10.4 Å². The number of hydrogen-bond donors (Lipinski definition) is 1. The Balaban J connectivity index is 1.68. The molecule has 0 bridgehead atoms. The highest BCUT2D eigenvalue weighted by Gasteiger charge is 2.14. The quantitative estimate of drug-likeness (QED) is 0.300. The Morgan fingerprint density at radius 1 is 1.13 bits per heavy atom. The molecule has 0 saturated carbocycles. The molecular formula is C25H23N3OS. The highest BCUT2D eigenvalue weighted by molar-refractivity contribution is 7.11. The minimum absolute atomic E-state index is 0.251. The molecule has 30 heavy (non-hydrogen) atoms. The van der Waals surface area contributed by atoms with E-state index < -0.39 is 0 Å². The number of fused-ring (bicyclic) bond motifs is 1. The van der Waals surface area contributed by atoms with Gasteiger partial charge in [-0.2, -0.15) is 5.10 Å². The summed E-state index contributed by atoms with van der Waals surface area (Å²) in [7, 11) is 0. The topological polar surface area (TPSA) is 54.4 Å². The molecule has 0 fully saturated rings. The molecule has 2 aromatic carbocycles. The van der Waals surface area contributed by atoms with Gasteiger partial charge in [-0.05, 0) is 41.5 Å². The van der Waals surface area contributed by atoms with Gasteiger partial charge in [-0.3, -0.25) is 4.79 Å². The van der Waals surface area contributed by atoms with Crippen LogP contribution < -0.4 is 5.43 Å². The first-order valence-electron chi connectivity index (χ1n) is 10.0. The number of para-hydroxylation sites is 1. The van der Waals surface area contributed by atoms with Crippen LogP contribution in [0.4, 0.5) is 0 Å². The van der Waals surface area contributed by atoms with Crippen LogP contribution in [0.25, 0.3) is 22.2 Å². The van der Waals surface area contributed by atoms with Crippen LogP contribution in [0.3, 0.4) is 0 Å². The van der Waals surface area contributed by atoms with E-state index in [0.29, 0.717) is 11.5 Å². The number of nitrogens with one attached hydrogen (secondary N) is 1. The van der Waals surface area contributed by atoms with Gasteiger partial charge < -0.3 is 0 Å². The van der Waals surface area contributed by atoms with Gasteiger partial charge in [-0.1, -0.05) is 62.4 Å². The third-order valence-electron chi connectivity index (χ3n) is 5.25. The first-order chi connectivity index (χ1) is 14.7. The molecule has 0 aliphatic carbocycles. The van der Waals surface area contributed by atoms with E-state index in [1.165, 1.54) is 5.56 Å². The molecule has 5 heteroatoms. The van der Waals surface area contributed by atoms with E-state index >= 15 is 0 Å². The van der Waals surface area contributed by atoms with Gasteiger partial charge in [0, 0.05) is 15.8 Å². The van der Waals surface area contributed by atoms with Crippen LogP contribution in [0.5, 0.6) is 0 Å². The van der Waals surface area contributed by atoms with E-state index in [4.69, 9.17) is 4.98 Å². The number of amides is 1. The number of benzene rings is 2. The molecule has 0 unspecified atom stereocenters.